The molecule has 0 spiro atoms. The first-order valence-corrected chi connectivity index (χ1v) is 9.13. The summed E-state index contributed by atoms with van der Waals surface area (Å²) in [5, 5.41) is 7.30. The van der Waals surface area contributed by atoms with Crippen molar-refractivity contribution in [2.45, 2.75) is 26.3 Å². The van der Waals surface area contributed by atoms with E-state index in [0.717, 1.165) is 19.0 Å². The van der Waals surface area contributed by atoms with Crippen LogP contribution < -0.4 is 15.8 Å². The second-order valence-electron chi connectivity index (χ2n) is 6.49. The number of nitrogens with zero attached hydrogens (tertiary/aromatic N) is 3. The highest BCUT2D eigenvalue weighted by Gasteiger charge is 2.15. The zero-order chi connectivity index (χ0) is 17.1. The summed E-state index contributed by atoms with van der Waals surface area (Å²) in [7, 11) is 1.64. The van der Waals surface area contributed by atoms with Gasteiger partial charge in [0.1, 0.15) is 4.47 Å². The minimum Gasteiger partial charge on any atom is -0.379 e. The van der Waals surface area contributed by atoms with E-state index in [0.29, 0.717) is 16.7 Å². The van der Waals surface area contributed by atoms with Crippen LogP contribution in [0.1, 0.15) is 25.3 Å². The van der Waals surface area contributed by atoms with E-state index in [1.165, 1.54) is 28.8 Å². The third-order valence-corrected chi connectivity index (χ3v) is 5.41. The van der Waals surface area contributed by atoms with Gasteiger partial charge >= 0.3 is 0 Å². The molecule has 1 saturated heterocycles. The second-order valence-corrected chi connectivity index (χ2v) is 7.28. The van der Waals surface area contributed by atoms with Crippen LogP contribution in [-0.2, 0) is 13.6 Å². The molecular formula is C18H23BrN4O. The van der Waals surface area contributed by atoms with Crippen molar-refractivity contribution in [3.05, 3.63) is 50.9 Å². The van der Waals surface area contributed by atoms with E-state index in [1.54, 1.807) is 13.2 Å². The van der Waals surface area contributed by atoms with Crippen LogP contribution in [0.2, 0.25) is 0 Å². The Hall–Kier alpha value is -1.82. The molecule has 0 atom stereocenters. The third kappa shape index (κ3) is 3.80. The van der Waals surface area contributed by atoms with E-state index in [1.807, 2.05) is 0 Å². The smallest absolute Gasteiger partial charge is 0.282 e. The van der Waals surface area contributed by atoms with Gasteiger partial charge in [0, 0.05) is 32.4 Å². The molecule has 24 heavy (non-hydrogen) atoms. The van der Waals surface area contributed by atoms with Crippen molar-refractivity contribution in [2.75, 3.05) is 23.3 Å². The summed E-state index contributed by atoms with van der Waals surface area (Å²) in [6.07, 6.45) is 4.20. The zero-order valence-electron chi connectivity index (χ0n) is 14.1. The second kappa shape index (κ2) is 7.38. The Labute approximate surface area is 150 Å². The predicted molar refractivity (Wildman–Crippen MR) is 102 cm³/mol. The van der Waals surface area contributed by atoms with Crippen molar-refractivity contribution < 1.29 is 0 Å². The van der Waals surface area contributed by atoms with Gasteiger partial charge in [-0.15, -0.1) is 0 Å². The number of anilines is 2. The van der Waals surface area contributed by atoms with Crippen molar-refractivity contribution in [1.29, 1.82) is 0 Å². The van der Waals surface area contributed by atoms with Crippen molar-refractivity contribution in [2.24, 2.45) is 13.0 Å². The summed E-state index contributed by atoms with van der Waals surface area (Å²) >= 11 is 3.33. The highest BCUT2D eigenvalue weighted by molar-refractivity contribution is 9.10. The normalized spacial score (nSPS) is 15.5. The van der Waals surface area contributed by atoms with Gasteiger partial charge in [-0.2, -0.15) is 5.10 Å². The summed E-state index contributed by atoms with van der Waals surface area (Å²) in [4.78, 5) is 14.3. The largest absolute Gasteiger partial charge is 0.379 e. The van der Waals surface area contributed by atoms with Gasteiger partial charge < -0.3 is 10.2 Å². The van der Waals surface area contributed by atoms with Crippen LogP contribution in [0.25, 0.3) is 0 Å². The SMILES string of the molecule is CC1CCN(c2ccc(CNc3cnn(C)c(=O)c3Br)cc2)CC1. The predicted octanol–water partition coefficient (Wildman–Crippen LogP) is 3.39. The van der Waals surface area contributed by atoms with Crippen LogP contribution in [0.3, 0.4) is 0 Å². The lowest BCUT2D eigenvalue weighted by atomic mass is 9.99. The molecule has 0 amide bonds. The number of aryl methyl sites for hydroxylation is 1. The summed E-state index contributed by atoms with van der Waals surface area (Å²) in [6, 6.07) is 8.65. The monoisotopic (exact) mass is 390 g/mol. The van der Waals surface area contributed by atoms with Crippen LogP contribution in [-0.4, -0.2) is 22.9 Å². The minimum absolute atomic E-state index is 0.144. The van der Waals surface area contributed by atoms with Gasteiger partial charge in [-0.3, -0.25) is 4.79 Å². The molecule has 1 N–H and O–H groups in total. The summed E-state index contributed by atoms with van der Waals surface area (Å²) in [5.74, 6) is 0.843. The molecule has 0 unspecified atom stereocenters. The van der Waals surface area contributed by atoms with Gasteiger partial charge in [-0.05, 0) is 52.4 Å². The topological polar surface area (TPSA) is 50.2 Å². The first-order valence-electron chi connectivity index (χ1n) is 8.34. The maximum Gasteiger partial charge on any atom is 0.282 e. The molecule has 2 heterocycles. The van der Waals surface area contributed by atoms with E-state index in [-0.39, 0.29) is 5.56 Å². The van der Waals surface area contributed by atoms with Crippen LogP contribution >= 0.6 is 15.9 Å². The van der Waals surface area contributed by atoms with E-state index < -0.39 is 0 Å². The Balaban J connectivity index is 1.63. The Morgan fingerprint density at radius 1 is 1.25 bits per heavy atom. The van der Waals surface area contributed by atoms with Crippen LogP contribution in [0.5, 0.6) is 0 Å². The van der Waals surface area contributed by atoms with Crippen molar-refractivity contribution in [1.82, 2.24) is 9.78 Å². The standard InChI is InChI=1S/C18H23BrN4O/c1-13-7-9-23(10-8-13)15-5-3-14(4-6-15)11-20-16-12-21-22(2)18(24)17(16)19/h3-6,12-13,20H,7-11H2,1-2H3. The average molecular weight is 391 g/mol. The number of hydrogen-bond donors (Lipinski definition) is 1. The number of hydrogen-bond acceptors (Lipinski definition) is 4. The van der Waals surface area contributed by atoms with E-state index in [2.05, 4.69) is 62.4 Å². The summed E-state index contributed by atoms with van der Waals surface area (Å²) < 4.78 is 1.82. The molecule has 0 bridgehead atoms. The zero-order valence-corrected chi connectivity index (χ0v) is 15.7. The maximum absolute atomic E-state index is 11.9. The molecule has 1 aromatic carbocycles. The lowest BCUT2D eigenvalue weighted by molar-refractivity contribution is 0.438. The molecule has 3 rings (SSSR count). The van der Waals surface area contributed by atoms with Crippen molar-refractivity contribution >= 4 is 27.3 Å². The summed E-state index contributed by atoms with van der Waals surface area (Å²) in [6.45, 7) is 5.27. The van der Waals surface area contributed by atoms with Gasteiger partial charge in [0.05, 0.1) is 11.9 Å². The fraction of sp³-hybridized carbons (Fsp3) is 0.444. The Morgan fingerprint density at radius 3 is 2.58 bits per heavy atom. The maximum atomic E-state index is 11.9. The molecule has 1 aliphatic rings. The molecule has 128 valence electrons. The van der Waals surface area contributed by atoms with Gasteiger partial charge in [0.25, 0.3) is 5.56 Å². The van der Waals surface area contributed by atoms with Gasteiger partial charge in [0.15, 0.2) is 0 Å². The van der Waals surface area contributed by atoms with Crippen molar-refractivity contribution in [3.63, 3.8) is 0 Å². The number of piperidine rings is 1. The quantitative estimate of drug-likeness (QED) is 0.868. The first kappa shape index (κ1) is 17.0. The van der Waals surface area contributed by atoms with Crippen LogP contribution in [0.15, 0.2) is 39.7 Å². The van der Waals surface area contributed by atoms with Crippen molar-refractivity contribution in [3.8, 4) is 0 Å². The van der Waals surface area contributed by atoms with E-state index in [9.17, 15) is 4.79 Å². The van der Waals surface area contributed by atoms with E-state index in [4.69, 9.17) is 0 Å². The molecular weight excluding hydrogens is 368 g/mol. The molecule has 0 aliphatic carbocycles. The molecule has 0 saturated carbocycles. The number of benzene rings is 1. The van der Waals surface area contributed by atoms with Gasteiger partial charge in [-0.25, -0.2) is 4.68 Å². The lowest BCUT2D eigenvalue weighted by Gasteiger charge is -2.32. The van der Waals surface area contributed by atoms with Gasteiger partial charge in [0.2, 0.25) is 0 Å². The highest BCUT2D eigenvalue weighted by Crippen LogP contribution is 2.23. The number of nitrogens with one attached hydrogen (secondary N) is 1. The molecule has 0 radical (unpaired) electrons. The highest BCUT2D eigenvalue weighted by atomic mass is 79.9. The number of rotatable bonds is 4. The molecule has 1 aromatic heterocycles. The fourth-order valence-electron chi connectivity index (χ4n) is 2.92. The van der Waals surface area contributed by atoms with Crippen LogP contribution in [0, 0.1) is 5.92 Å². The molecule has 2 aromatic rings. The lowest BCUT2D eigenvalue weighted by Crippen LogP contribution is -2.32. The number of aromatic nitrogens is 2. The Morgan fingerprint density at radius 2 is 1.92 bits per heavy atom. The number of halogens is 1. The minimum atomic E-state index is -0.144. The average Bonchev–Trinajstić information content (AvgIpc) is 2.60. The van der Waals surface area contributed by atoms with Gasteiger partial charge in [-0.1, -0.05) is 19.1 Å². The third-order valence-electron chi connectivity index (χ3n) is 4.65. The molecule has 1 fully saturated rings. The van der Waals surface area contributed by atoms with E-state index >= 15 is 0 Å². The molecule has 5 nitrogen and oxygen atoms in total. The Bertz CT molecular complexity index is 749. The summed E-state index contributed by atoms with van der Waals surface area (Å²) in [5.41, 5.74) is 3.04. The molecule has 1 aliphatic heterocycles. The first-order chi connectivity index (χ1) is 11.5. The van der Waals surface area contributed by atoms with Crippen LogP contribution in [0.4, 0.5) is 11.4 Å². The Kier molecular flexibility index (Phi) is 5.23. The fourth-order valence-corrected chi connectivity index (χ4v) is 3.42. The molecule has 6 heteroatoms.